The van der Waals surface area contributed by atoms with Gasteiger partial charge in [0.1, 0.15) is 10.5 Å². The number of benzene rings is 2. The number of fused-ring (bicyclic) bond motifs is 1. The zero-order valence-electron chi connectivity index (χ0n) is 29.0. The van der Waals surface area contributed by atoms with E-state index in [0.29, 0.717) is 34.5 Å². The van der Waals surface area contributed by atoms with Crippen LogP contribution in [-0.4, -0.2) is 101 Å². The molecule has 4 aliphatic heterocycles. The largest absolute Gasteiger partial charge is 0.462 e. The topological polar surface area (TPSA) is 163 Å². The van der Waals surface area contributed by atoms with Crippen molar-refractivity contribution in [2.45, 2.75) is 50.1 Å². The second-order valence-electron chi connectivity index (χ2n) is 14.1. The predicted octanol–water partition coefficient (Wildman–Crippen LogP) is 2.92. The summed E-state index contributed by atoms with van der Waals surface area (Å²) in [5, 5.41) is 9.84. The number of nitrogens with one attached hydrogen (secondary N) is 2. The Morgan fingerprint density at radius 2 is 1.73 bits per heavy atom. The number of amides is 4. The highest BCUT2D eigenvalue weighted by atomic mass is 79.9. The summed E-state index contributed by atoms with van der Waals surface area (Å²) in [7, 11) is 3.68. The van der Waals surface area contributed by atoms with E-state index in [-0.39, 0.29) is 60.0 Å². The molecule has 3 unspecified atom stereocenters. The number of aryl methyl sites for hydroxylation is 1. The van der Waals surface area contributed by atoms with Gasteiger partial charge < -0.3 is 19.9 Å². The van der Waals surface area contributed by atoms with Gasteiger partial charge in [-0.2, -0.15) is 5.10 Å². The summed E-state index contributed by atoms with van der Waals surface area (Å²) in [5.41, 5.74) is 3.25. The van der Waals surface area contributed by atoms with Crippen molar-refractivity contribution in [1.29, 1.82) is 0 Å². The first-order valence-electron chi connectivity index (χ1n) is 17.5. The number of nitrogens with zero attached hydrogens (tertiary/aromatic N) is 5. The number of likely N-dealkylation sites (tertiary alicyclic amines) is 1. The number of ether oxygens (including phenoxy) is 1. The van der Waals surface area contributed by atoms with Crippen molar-refractivity contribution in [2.24, 2.45) is 13.0 Å². The number of carbonyl (C=O) groups is 5. The summed E-state index contributed by atoms with van der Waals surface area (Å²) in [6.07, 6.45) is 4.12. The van der Waals surface area contributed by atoms with E-state index in [4.69, 9.17) is 4.74 Å². The normalized spacial score (nSPS) is 22.7. The molecule has 4 amide bonds. The number of piperidine rings is 3. The third kappa shape index (κ3) is 6.98. The van der Waals surface area contributed by atoms with Crippen LogP contribution in [0, 0.1) is 5.92 Å². The molecule has 15 heteroatoms. The van der Waals surface area contributed by atoms with Crippen molar-refractivity contribution in [3.63, 3.8) is 0 Å². The van der Waals surface area contributed by atoms with E-state index in [1.165, 1.54) is 4.68 Å². The lowest BCUT2D eigenvalue weighted by Crippen LogP contribution is -2.54. The first-order valence-corrected chi connectivity index (χ1v) is 18.3. The lowest BCUT2D eigenvalue weighted by Gasteiger charge is -2.37. The Balaban J connectivity index is 0.919. The number of hydrogen-bond donors (Lipinski definition) is 2. The lowest BCUT2D eigenvalue weighted by molar-refractivity contribution is -0.136. The smallest absolute Gasteiger partial charge is 0.338 e. The average Bonchev–Trinajstić information content (AvgIpc) is 3.39. The van der Waals surface area contributed by atoms with Gasteiger partial charge >= 0.3 is 5.97 Å². The van der Waals surface area contributed by atoms with Crippen molar-refractivity contribution >= 4 is 56.9 Å². The fraction of sp³-hybridized carbons (Fsp3) is 0.432. The van der Waals surface area contributed by atoms with Gasteiger partial charge in [0.2, 0.25) is 11.8 Å². The minimum absolute atomic E-state index is 0.0643. The molecule has 272 valence electrons. The number of halogens is 1. The van der Waals surface area contributed by atoms with Crippen LogP contribution in [0.15, 0.2) is 57.9 Å². The van der Waals surface area contributed by atoms with Gasteiger partial charge in [0.25, 0.3) is 17.4 Å². The van der Waals surface area contributed by atoms with E-state index in [2.05, 4.69) is 48.5 Å². The van der Waals surface area contributed by atoms with Crippen LogP contribution in [0.2, 0.25) is 0 Å². The van der Waals surface area contributed by atoms with Crippen LogP contribution in [0.5, 0.6) is 0 Å². The summed E-state index contributed by atoms with van der Waals surface area (Å²) < 4.78 is 7.49. The maximum absolute atomic E-state index is 13.5. The van der Waals surface area contributed by atoms with Crippen molar-refractivity contribution in [3.05, 3.63) is 85.7 Å². The van der Waals surface area contributed by atoms with E-state index >= 15 is 0 Å². The third-order valence-electron chi connectivity index (χ3n) is 10.5. The van der Waals surface area contributed by atoms with Gasteiger partial charge in [-0.05, 0) is 90.3 Å². The van der Waals surface area contributed by atoms with Crippen LogP contribution < -0.4 is 21.1 Å². The molecule has 3 aromatic rings. The lowest BCUT2D eigenvalue weighted by atomic mass is 9.88. The highest BCUT2D eigenvalue weighted by Gasteiger charge is 2.46. The van der Waals surface area contributed by atoms with Gasteiger partial charge in [-0.15, -0.1) is 0 Å². The molecule has 1 aromatic heterocycles. The number of anilines is 2. The molecule has 3 fully saturated rings. The van der Waals surface area contributed by atoms with E-state index in [0.717, 1.165) is 42.8 Å². The molecule has 0 bridgehead atoms. The van der Waals surface area contributed by atoms with Crippen molar-refractivity contribution in [3.8, 4) is 0 Å². The van der Waals surface area contributed by atoms with Gasteiger partial charge in [0.15, 0.2) is 0 Å². The Morgan fingerprint density at radius 1 is 0.981 bits per heavy atom. The number of hydrogen-bond acceptors (Lipinski definition) is 11. The summed E-state index contributed by atoms with van der Waals surface area (Å²) in [6.45, 7) is 3.16. The summed E-state index contributed by atoms with van der Waals surface area (Å²) in [4.78, 5) is 81.6. The van der Waals surface area contributed by atoms with Crippen LogP contribution in [-0.2, 0) is 21.4 Å². The molecule has 0 aliphatic carbocycles. The SMILES string of the molecule is CN1CC(Nc2cnn(C)c(=O)c2Br)CC(c2ccc(C(=O)OCC3CCN(c4cccc5c4C(=O)N(C4CCC(=O)NC4=O)C5=O)CC3)cc2)C1. The predicted molar refractivity (Wildman–Crippen MR) is 194 cm³/mol. The maximum Gasteiger partial charge on any atom is 0.338 e. The standard InChI is InChI=1S/C37H40BrN7O7/c1-42-18-24(16-25(19-42)40-27-17-39-43(2)36(50)32(27)38)22-6-8-23(9-7-22)37(51)52-20-21-12-14-44(15-13-21)28-5-3-4-26-31(28)35(49)45(34(26)48)29-10-11-30(46)41-33(29)47/h3-9,17,21,24-25,29,40H,10-16,18-20H2,1-2H3,(H,41,46,47). The highest BCUT2D eigenvalue weighted by Crippen LogP contribution is 2.36. The molecule has 14 nitrogen and oxygen atoms in total. The van der Waals surface area contributed by atoms with Crippen LogP contribution in [0.25, 0.3) is 0 Å². The van der Waals surface area contributed by atoms with Crippen molar-refractivity contribution < 1.29 is 28.7 Å². The fourth-order valence-electron chi connectivity index (χ4n) is 7.77. The molecule has 0 saturated carbocycles. The van der Waals surface area contributed by atoms with E-state index in [1.807, 2.05) is 30.3 Å². The van der Waals surface area contributed by atoms with Gasteiger partial charge in [0, 0.05) is 45.7 Å². The van der Waals surface area contributed by atoms with Crippen LogP contribution in [0.4, 0.5) is 11.4 Å². The minimum Gasteiger partial charge on any atom is -0.462 e. The van der Waals surface area contributed by atoms with E-state index in [9.17, 15) is 28.8 Å². The van der Waals surface area contributed by atoms with Crippen LogP contribution in [0.3, 0.4) is 0 Å². The summed E-state index contributed by atoms with van der Waals surface area (Å²) >= 11 is 3.40. The molecular weight excluding hydrogens is 734 g/mol. The molecule has 5 heterocycles. The Labute approximate surface area is 308 Å². The zero-order chi connectivity index (χ0) is 36.7. The van der Waals surface area contributed by atoms with Crippen LogP contribution >= 0.6 is 15.9 Å². The zero-order valence-corrected chi connectivity index (χ0v) is 30.6. The Morgan fingerprint density at radius 3 is 2.46 bits per heavy atom. The molecule has 2 N–H and O–H groups in total. The molecule has 52 heavy (non-hydrogen) atoms. The second-order valence-corrected chi connectivity index (χ2v) is 14.9. The molecule has 7 rings (SSSR count). The van der Waals surface area contributed by atoms with Gasteiger partial charge in [-0.25, -0.2) is 9.48 Å². The number of rotatable bonds is 8. The number of aromatic nitrogens is 2. The Kier molecular flexibility index (Phi) is 9.98. The molecule has 2 aromatic carbocycles. The minimum atomic E-state index is -1.02. The molecular formula is C37H40BrN7O7. The fourth-order valence-corrected chi connectivity index (χ4v) is 8.24. The molecule has 0 spiro atoms. The third-order valence-corrected chi connectivity index (χ3v) is 11.3. The van der Waals surface area contributed by atoms with Crippen molar-refractivity contribution in [2.75, 3.05) is 50.1 Å². The first-order chi connectivity index (χ1) is 25.0. The van der Waals surface area contributed by atoms with Gasteiger partial charge in [-0.1, -0.05) is 18.2 Å². The van der Waals surface area contributed by atoms with Crippen molar-refractivity contribution in [1.82, 2.24) is 24.9 Å². The highest BCUT2D eigenvalue weighted by molar-refractivity contribution is 9.10. The molecule has 0 radical (unpaired) electrons. The first kappa shape index (κ1) is 35.5. The second kappa shape index (κ2) is 14.6. The number of imide groups is 2. The molecule has 4 aliphatic rings. The molecule has 3 saturated heterocycles. The van der Waals surface area contributed by atoms with E-state index < -0.39 is 29.7 Å². The van der Waals surface area contributed by atoms with Crippen LogP contribution in [0.1, 0.15) is 74.7 Å². The number of carbonyl (C=O) groups excluding carboxylic acids is 5. The summed E-state index contributed by atoms with van der Waals surface area (Å²) in [6, 6.07) is 11.8. The monoisotopic (exact) mass is 773 g/mol. The maximum atomic E-state index is 13.5. The van der Waals surface area contributed by atoms with Gasteiger partial charge in [0.05, 0.1) is 40.9 Å². The Hall–Kier alpha value is -4.89. The number of esters is 1. The quantitative estimate of drug-likeness (QED) is 0.256. The average molecular weight is 775 g/mol. The number of likely N-dealkylation sites (N-methyl/N-ethyl adjacent to an activating group) is 1. The molecule has 3 atom stereocenters. The Bertz CT molecular complexity index is 1990. The van der Waals surface area contributed by atoms with E-state index in [1.54, 1.807) is 25.4 Å². The van der Waals surface area contributed by atoms with Gasteiger partial charge in [-0.3, -0.25) is 34.2 Å². The summed E-state index contributed by atoms with van der Waals surface area (Å²) in [5.74, 6) is -2.12.